The molecule has 2 rings (SSSR count). The van der Waals surface area contributed by atoms with Crippen molar-refractivity contribution in [2.24, 2.45) is 5.73 Å². The molecule has 0 aliphatic carbocycles. The molecule has 0 aliphatic rings. The zero-order valence-electron chi connectivity index (χ0n) is 10.5. The van der Waals surface area contributed by atoms with Crippen molar-refractivity contribution in [2.75, 3.05) is 4.90 Å². The number of hydrogen-bond donors (Lipinski definition) is 1. The molecule has 1 amide bonds. The molecule has 0 atom stereocenters. The smallest absolute Gasteiger partial charge is 0.264 e. The molecule has 0 heterocycles. The third-order valence-corrected chi connectivity index (χ3v) is 3.00. The van der Waals surface area contributed by atoms with Gasteiger partial charge in [0.2, 0.25) is 0 Å². The van der Waals surface area contributed by atoms with Crippen molar-refractivity contribution >= 4 is 28.9 Å². The second-order valence-corrected chi connectivity index (χ2v) is 4.55. The van der Waals surface area contributed by atoms with Crippen LogP contribution in [0.5, 0.6) is 0 Å². The first-order valence-corrected chi connectivity index (χ1v) is 6.26. The van der Waals surface area contributed by atoms with E-state index in [0.29, 0.717) is 11.3 Å². The van der Waals surface area contributed by atoms with Gasteiger partial charge < -0.3 is 5.73 Å². The van der Waals surface area contributed by atoms with E-state index in [9.17, 15) is 4.79 Å². The molecule has 19 heavy (non-hydrogen) atoms. The lowest BCUT2D eigenvalue weighted by Gasteiger charge is -2.21. The van der Waals surface area contributed by atoms with Crippen LogP contribution in [0.25, 0.3) is 0 Å². The first kappa shape index (κ1) is 13.2. The van der Waals surface area contributed by atoms with Crippen LogP contribution in [-0.2, 0) is 0 Å². The summed E-state index contributed by atoms with van der Waals surface area (Å²) in [6.07, 6.45) is 0. The second-order valence-electron chi connectivity index (χ2n) is 4.13. The normalized spacial score (nSPS) is 9.95. The van der Waals surface area contributed by atoms with E-state index in [1.165, 1.54) is 4.90 Å². The predicted octanol–water partition coefficient (Wildman–Crippen LogP) is 2.89. The maximum atomic E-state index is 12.6. The number of para-hydroxylation sites is 1. The van der Waals surface area contributed by atoms with E-state index in [4.69, 9.17) is 18.0 Å². The average Bonchev–Trinajstić information content (AvgIpc) is 2.40. The fourth-order valence-corrected chi connectivity index (χ4v) is 2.04. The predicted molar refractivity (Wildman–Crippen MR) is 81.2 cm³/mol. The molecule has 0 spiro atoms. The van der Waals surface area contributed by atoms with Crippen molar-refractivity contribution in [3.8, 4) is 0 Å². The number of carbonyl (C=O) groups is 1. The molecule has 0 unspecified atom stereocenters. The Labute approximate surface area is 117 Å². The molecule has 0 saturated carbocycles. The Balaban J connectivity index is 2.44. The van der Waals surface area contributed by atoms with Crippen LogP contribution in [0, 0.1) is 6.92 Å². The van der Waals surface area contributed by atoms with Crippen molar-refractivity contribution in [3.63, 3.8) is 0 Å². The maximum Gasteiger partial charge on any atom is 0.264 e. The molecule has 3 nitrogen and oxygen atoms in total. The summed E-state index contributed by atoms with van der Waals surface area (Å²) in [5.74, 6) is -0.211. The van der Waals surface area contributed by atoms with E-state index in [1.54, 1.807) is 18.2 Å². The number of anilines is 1. The van der Waals surface area contributed by atoms with E-state index in [0.717, 1.165) is 5.56 Å². The van der Waals surface area contributed by atoms with E-state index >= 15 is 0 Å². The molecule has 4 heteroatoms. The van der Waals surface area contributed by atoms with Crippen LogP contribution in [0.4, 0.5) is 5.69 Å². The van der Waals surface area contributed by atoms with Crippen LogP contribution in [0.1, 0.15) is 15.9 Å². The summed E-state index contributed by atoms with van der Waals surface area (Å²) < 4.78 is 0. The highest BCUT2D eigenvalue weighted by Gasteiger charge is 2.21. The number of nitrogens with two attached hydrogens (primary N) is 1. The summed E-state index contributed by atoms with van der Waals surface area (Å²) in [5, 5.41) is 0.0412. The molecule has 0 saturated heterocycles. The van der Waals surface area contributed by atoms with Gasteiger partial charge in [-0.1, -0.05) is 36.4 Å². The Morgan fingerprint density at radius 3 is 2.21 bits per heavy atom. The lowest BCUT2D eigenvalue weighted by Crippen LogP contribution is -2.40. The minimum absolute atomic E-state index is 0.0412. The van der Waals surface area contributed by atoms with E-state index in [1.807, 2.05) is 43.3 Å². The van der Waals surface area contributed by atoms with E-state index in [2.05, 4.69) is 0 Å². The third kappa shape index (κ3) is 2.80. The fourth-order valence-electron chi connectivity index (χ4n) is 1.85. The van der Waals surface area contributed by atoms with Crippen LogP contribution < -0.4 is 10.6 Å². The molecular formula is C15H14N2OS. The van der Waals surface area contributed by atoms with Crippen molar-refractivity contribution in [2.45, 2.75) is 6.92 Å². The molecule has 2 aromatic carbocycles. The second kappa shape index (κ2) is 5.63. The molecular weight excluding hydrogens is 256 g/mol. The summed E-state index contributed by atoms with van der Waals surface area (Å²) in [7, 11) is 0. The number of nitrogens with zero attached hydrogens (tertiary/aromatic N) is 1. The standard InChI is InChI=1S/C15H14N2OS/c1-11-7-5-6-10-13(11)14(18)17(15(16)19)12-8-3-2-4-9-12/h2-10H,1H3,(H2,16,19). The zero-order valence-corrected chi connectivity index (χ0v) is 11.4. The van der Waals surface area contributed by atoms with Crippen LogP contribution in [-0.4, -0.2) is 11.0 Å². The van der Waals surface area contributed by atoms with Crippen molar-refractivity contribution in [1.82, 2.24) is 0 Å². The molecule has 2 aromatic rings. The lowest BCUT2D eigenvalue weighted by molar-refractivity contribution is 0.100. The highest BCUT2D eigenvalue weighted by Crippen LogP contribution is 2.18. The highest BCUT2D eigenvalue weighted by atomic mass is 32.1. The molecule has 0 fully saturated rings. The lowest BCUT2D eigenvalue weighted by atomic mass is 10.1. The summed E-state index contributed by atoms with van der Waals surface area (Å²) in [6, 6.07) is 16.5. The summed E-state index contributed by atoms with van der Waals surface area (Å²) in [5.41, 5.74) is 7.85. The van der Waals surface area contributed by atoms with Crippen molar-refractivity contribution in [3.05, 3.63) is 65.7 Å². The zero-order chi connectivity index (χ0) is 13.8. The largest absolute Gasteiger partial charge is 0.376 e. The molecule has 96 valence electrons. The van der Waals surface area contributed by atoms with E-state index < -0.39 is 0 Å². The SMILES string of the molecule is Cc1ccccc1C(=O)N(C(N)=S)c1ccccc1. The quantitative estimate of drug-likeness (QED) is 0.854. The molecule has 2 N–H and O–H groups in total. The number of thiocarbonyl (C=S) groups is 1. The van der Waals surface area contributed by atoms with Gasteiger partial charge >= 0.3 is 0 Å². The third-order valence-electron chi connectivity index (χ3n) is 2.81. The summed E-state index contributed by atoms with van der Waals surface area (Å²) in [6.45, 7) is 1.88. The van der Waals surface area contributed by atoms with Gasteiger partial charge in [0, 0.05) is 5.56 Å². The number of hydrogen-bond acceptors (Lipinski definition) is 2. The van der Waals surface area contributed by atoms with Gasteiger partial charge in [-0.15, -0.1) is 0 Å². The Bertz CT molecular complexity index is 611. The Kier molecular flexibility index (Phi) is 3.92. The molecule has 0 aromatic heterocycles. The van der Waals surface area contributed by atoms with Crippen molar-refractivity contribution < 1.29 is 4.79 Å². The molecule has 0 bridgehead atoms. The summed E-state index contributed by atoms with van der Waals surface area (Å²) in [4.78, 5) is 13.9. The molecule has 0 aliphatic heterocycles. The van der Waals surface area contributed by atoms with Gasteiger partial charge in [0.25, 0.3) is 5.91 Å². The number of carbonyl (C=O) groups excluding carboxylic acids is 1. The summed E-state index contributed by atoms with van der Waals surface area (Å²) >= 11 is 5.00. The van der Waals surface area contributed by atoms with Crippen LogP contribution in [0.15, 0.2) is 54.6 Å². The Morgan fingerprint density at radius 1 is 1.05 bits per heavy atom. The first-order chi connectivity index (χ1) is 9.11. The van der Waals surface area contributed by atoms with Crippen molar-refractivity contribution in [1.29, 1.82) is 0 Å². The number of aryl methyl sites for hydroxylation is 1. The minimum atomic E-state index is -0.211. The van der Waals surface area contributed by atoms with Gasteiger partial charge in [-0.25, -0.2) is 0 Å². The Hall–Kier alpha value is -2.20. The van der Waals surface area contributed by atoms with Crippen LogP contribution >= 0.6 is 12.2 Å². The fraction of sp³-hybridized carbons (Fsp3) is 0.0667. The van der Waals surface area contributed by atoms with Crippen LogP contribution in [0.2, 0.25) is 0 Å². The topological polar surface area (TPSA) is 46.3 Å². The monoisotopic (exact) mass is 270 g/mol. The van der Waals surface area contributed by atoms with Gasteiger partial charge in [-0.05, 0) is 42.9 Å². The average molecular weight is 270 g/mol. The highest BCUT2D eigenvalue weighted by molar-refractivity contribution is 7.80. The number of benzene rings is 2. The maximum absolute atomic E-state index is 12.6. The van der Waals surface area contributed by atoms with Gasteiger partial charge in [-0.2, -0.15) is 0 Å². The molecule has 0 radical (unpaired) electrons. The van der Waals surface area contributed by atoms with Gasteiger partial charge in [0.05, 0.1) is 5.69 Å². The van der Waals surface area contributed by atoms with Gasteiger partial charge in [0.15, 0.2) is 5.11 Å². The number of amides is 1. The first-order valence-electron chi connectivity index (χ1n) is 5.86. The van der Waals surface area contributed by atoms with Gasteiger partial charge in [-0.3, -0.25) is 9.69 Å². The minimum Gasteiger partial charge on any atom is -0.376 e. The van der Waals surface area contributed by atoms with E-state index in [-0.39, 0.29) is 11.0 Å². The Morgan fingerprint density at radius 2 is 1.63 bits per heavy atom. The van der Waals surface area contributed by atoms with Crippen LogP contribution in [0.3, 0.4) is 0 Å². The van der Waals surface area contributed by atoms with Gasteiger partial charge in [0.1, 0.15) is 0 Å². The number of rotatable bonds is 2.